The van der Waals surface area contributed by atoms with E-state index in [0.717, 1.165) is 25.3 Å². The molecule has 4 heteroatoms. The maximum absolute atomic E-state index is 4.54. The summed E-state index contributed by atoms with van der Waals surface area (Å²) in [6.45, 7) is 7.71. The Kier molecular flexibility index (Phi) is 2.74. The van der Waals surface area contributed by atoms with Crippen LogP contribution in [-0.4, -0.2) is 42.6 Å². The van der Waals surface area contributed by atoms with Gasteiger partial charge >= 0.3 is 0 Å². The molecule has 14 heavy (non-hydrogen) atoms. The van der Waals surface area contributed by atoms with Crippen LogP contribution in [0.1, 0.15) is 12.6 Å². The molecule has 2 rings (SSSR count). The molecule has 1 aromatic heterocycles. The molecular weight excluding hydrogens is 194 g/mol. The van der Waals surface area contributed by atoms with Crippen molar-refractivity contribution in [1.29, 1.82) is 0 Å². The van der Waals surface area contributed by atoms with Gasteiger partial charge in [-0.25, -0.2) is 4.98 Å². The van der Waals surface area contributed by atoms with Gasteiger partial charge in [-0.2, -0.15) is 0 Å². The monoisotopic (exact) mass is 211 g/mol. The van der Waals surface area contributed by atoms with Crippen molar-refractivity contribution in [2.24, 2.45) is 0 Å². The Morgan fingerprint density at radius 1 is 1.50 bits per heavy atom. The molecule has 78 valence electrons. The zero-order chi connectivity index (χ0) is 10.1. The van der Waals surface area contributed by atoms with Gasteiger partial charge in [0.05, 0.1) is 5.69 Å². The van der Waals surface area contributed by atoms with Gasteiger partial charge in [0.15, 0.2) is 5.13 Å². The van der Waals surface area contributed by atoms with Crippen molar-refractivity contribution in [2.45, 2.75) is 19.9 Å². The zero-order valence-corrected chi connectivity index (χ0v) is 9.84. The maximum atomic E-state index is 4.54. The van der Waals surface area contributed by atoms with E-state index >= 15 is 0 Å². The molecule has 2 heterocycles. The number of aryl methyl sites for hydroxylation is 1. The van der Waals surface area contributed by atoms with E-state index in [0.29, 0.717) is 6.04 Å². The van der Waals surface area contributed by atoms with Gasteiger partial charge in [0.1, 0.15) is 0 Å². The van der Waals surface area contributed by atoms with Gasteiger partial charge in [-0.1, -0.05) is 0 Å². The van der Waals surface area contributed by atoms with Gasteiger partial charge in [0.2, 0.25) is 0 Å². The van der Waals surface area contributed by atoms with Crippen LogP contribution in [0.4, 0.5) is 5.13 Å². The molecule has 1 fully saturated rings. The number of aromatic nitrogens is 1. The van der Waals surface area contributed by atoms with Crippen LogP contribution in [0.5, 0.6) is 0 Å². The van der Waals surface area contributed by atoms with Crippen LogP contribution in [0.25, 0.3) is 0 Å². The number of hydrogen-bond acceptors (Lipinski definition) is 4. The standard InChI is InChI=1S/C10H17N3S/c1-8-7-14-10(11-8)13-5-4-12(3)6-9(13)2/h7,9H,4-6H2,1-3H3/t9-/m1/s1. The fourth-order valence-corrected chi connectivity index (χ4v) is 2.83. The zero-order valence-electron chi connectivity index (χ0n) is 9.03. The van der Waals surface area contributed by atoms with Crippen LogP contribution in [0.15, 0.2) is 5.38 Å². The Labute approximate surface area is 89.4 Å². The van der Waals surface area contributed by atoms with Crippen LogP contribution >= 0.6 is 11.3 Å². The van der Waals surface area contributed by atoms with Crippen LogP contribution < -0.4 is 4.90 Å². The second kappa shape index (κ2) is 3.87. The van der Waals surface area contributed by atoms with Crippen molar-refractivity contribution in [3.05, 3.63) is 11.1 Å². The number of hydrogen-bond donors (Lipinski definition) is 0. The summed E-state index contributed by atoms with van der Waals surface area (Å²) < 4.78 is 0. The van der Waals surface area contributed by atoms with E-state index < -0.39 is 0 Å². The molecule has 1 aliphatic heterocycles. The number of piperazine rings is 1. The highest BCUT2D eigenvalue weighted by Crippen LogP contribution is 2.23. The largest absolute Gasteiger partial charge is 0.343 e. The van der Waals surface area contributed by atoms with Gasteiger partial charge in [-0.3, -0.25) is 0 Å². The van der Waals surface area contributed by atoms with Gasteiger partial charge in [0.25, 0.3) is 0 Å². The van der Waals surface area contributed by atoms with E-state index in [2.05, 4.69) is 41.1 Å². The Morgan fingerprint density at radius 2 is 2.29 bits per heavy atom. The molecule has 1 atom stereocenters. The quantitative estimate of drug-likeness (QED) is 0.703. The van der Waals surface area contributed by atoms with Gasteiger partial charge in [0, 0.05) is 31.1 Å². The summed E-state index contributed by atoms with van der Waals surface area (Å²) >= 11 is 1.76. The van der Waals surface area contributed by atoms with Crippen molar-refractivity contribution < 1.29 is 0 Å². The van der Waals surface area contributed by atoms with Crippen LogP contribution in [0.2, 0.25) is 0 Å². The average molecular weight is 211 g/mol. The first-order chi connectivity index (χ1) is 6.66. The first kappa shape index (κ1) is 9.93. The third-order valence-electron chi connectivity index (χ3n) is 2.68. The lowest BCUT2D eigenvalue weighted by Gasteiger charge is -2.38. The molecule has 0 spiro atoms. The summed E-state index contributed by atoms with van der Waals surface area (Å²) in [4.78, 5) is 9.33. The fraction of sp³-hybridized carbons (Fsp3) is 0.700. The van der Waals surface area contributed by atoms with E-state index in [1.807, 2.05) is 0 Å². The number of thiazole rings is 1. The first-order valence-corrected chi connectivity index (χ1v) is 5.92. The Hall–Kier alpha value is -0.610. The third kappa shape index (κ3) is 1.91. The number of anilines is 1. The molecule has 1 aliphatic rings. The highest BCUT2D eigenvalue weighted by atomic mass is 32.1. The molecule has 0 radical (unpaired) electrons. The van der Waals surface area contributed by atoms with Gasteiger partial charge < -0.3 is 9.80 Å². The molecule has 0 unspecified atom stereocenters. The summed E-state index contributed by atoms with van der Waals surface area (Å²) in [5.41, 5.74) is 1.14. The predicted molar refractivity (Wildman–Crippen MR) is 61.2 cm³/mol. The van der Waals surface area contributed by atoms with Crippen LogP contribution in [-0.2, 0) is 0 Å². The molecule has 0 aromatic carbocycles. The van der Waals surface area contributed by atoms with Gasteiger partial charge in [-0.15, -0.1) is 11.3 Å². The molecule has 0 amide bonds. The number of nitrogens with zero attached hydrogens (tertiary/aromatic N) is 3. The minimum absolute atomic E-state index is 0.583. The lowest BCUT2D eigenvalue weighted by atomic mass is 10.2. The highest BCUT2D eigenvalue weighted by molar-refractivity contribution is 7.13. The molecule has 0 bridgehead atoms. The molecule has 0 saturated carbocycles. The van der Waals surface area contributed by atoms with Crippen molar-refractivity contribution in [2.75, 3.05) is 31.6 Å². The minimum Gasteiger partial charge on any atom is -0.343 e. The third-order valence-corrected chi connectivity index (χ3v) is 3.68. The molecule has 1 saturated heterocycles. The highest BCUT2D eigenvalue weighted by Gasteiger charge is 2.23. The van der Waals surface area contributed by atoms with E-state index in [9.17, 15) is 0 Å². The van der Waals surface area contributed by atoms with E-state index in [4.69, 9.17) is 0 Å². The SMILES string of the molecule is Cc1csc(N2CCN(C)C[C@H]2C)n1. The second-order valence-corrected chi connectivity index (χ2v) is 4.91. The van der Waals surface area contributed by atoms with Crippen LogP contribution in [0, 0.1) is 6.92 Å². The number of likely N-dealkylation sites (N-methyl/N-ethyl adjacent to an activating group) is 1. The summed E-state index contributed by atoms with van der Waals surface area (Å²) in [5.74, 6) is 0. The van der Waals surface area contributed by atoms with E-state index in [1.54, 1.807) is 11.3 Å². The summed E-state index contributed by atoms with van der Waals surface area (Å²) in [7, 11) is 2.18. The van der Waals surface area contributed by atoms with E-state index in [1.165, 1.54) is 5.13 Å². The summed E-state index contributed by atoms with van der Waals surface area (Å²) in [5, 5.41) is 3.31. The molecular formula is C10H17N3S. The Morgan fingerprint density at radius 3 is 2.86 bits per heavy atom. The Balaban J connectivity index is 2.11. The second-order valence-electron chi connectivity index (χ2n) is 4.08. The predicted octanol–water partition coefficient (Wildman–Crippen LogP) is 1.59. The summed E-state index contributed by atoms with van der Waals surface area (Å²) in [6, 6.07) is 0.583. The van der Waals surface area contributed by atoms with Crippen molar-refractivity contribution >= 4 is 16.5 Å². The topological polar surface area (TPSA) is 19.4 Å². The maximum Gasteiger partial charge on any atom is 0.185 e. The van der Waals surface area contributed by atoms with Gasteiger partial charge in [-0.05, 0) is 20.9 Å². The van der Waals surface area contributed by atoms with Crippen molar-refractivity contribution in [1.82, 2.24) is 9.88 Å². The van der Waals surface area contributed by atoms with Crippen molar-refractivity contribution in [3.63, 3.8) is 0 Å². The van der Waals surface area contributed by atoms with Crippen LogP contribution in [0.3, 0.4) is 0 Å². The smallest absolute Gasteiger partial charge is 0.185 e. The minimum atomic E-state index is 0.583. The number of rotatable bonds is 1. The average Bonchev–Trinajstić information content (AvgIpc) is 2.51. The molecule has 0 N–H and O–H groups in total. The molecule has 1 aromatic rings. The van der Waals surface area contributed by atoms with Crippen molar-refractivity contribution in [3.8, 4) is 0 Å². The summed E-state index contributed by atoms with van der Waals surface area (Å²) in [6.07, 6.45) is 0. The lowest BCUT2D eigenvalue weighted by Crippen LogP contribution is -2.50. The van der Waals surface area contributed by atoms with E-state index in [-0.39, 0.29) is 0 Å². The molecule has 0 aliphatic carbocycles. The normalized spacial score (nSPS) is 24.2. The first-order valence-electron chi connectivity index (χ1n) is 5.04. The fourth-order valence-electron chi connectivity index (χ4n) is 1.90. The molecule has 3 nitrogen and oxygen atoms in total. The lowest BCUT2D eigenvalue weighted by molar-refractivity contribution is 0.275. The Bertz CT molecular complexity index is 310.